The molecule has 34 heavy (non-hydrogen) atoms. The van der Waals surface area contributed by atoms with E-state index in [-0.39, 0.29) is 0 Å². The Labute approximate surface area is 197 Å². The van der Waals surface area contributed by atoms with E-state index in [1.54, 1.807) is 0 Å². The zero-order valence-electron chi connectivity index (χ0n) is 18.5. The summed E-state index contributed by atoms with van der Waals surface area (Å²) in [6.07, 6.45) is 0. The lowest BCUT2D eigenvalue weighted by atomic mass is 10.00. The Balaban J connectivity index is 1.43. The molecule has 0 fully saturated rings. The van der Waals surface area contributed by atoms with Crippen molar-refractivity contribution in [3.05, 3.63) is 121 Å². The van der Waals surface area contributed by atoms with Crippen LogP contribution < -0.4 is 5.32 Å². The van der Waals surface area contributed by atoms with Crippen LogP contribution in [0.3, 0.4) is 0 Å². The van der Waals surface area contributed by atoms with Crippen molar-refractivity contribution < 1.29 is 4.42 Å². The Hall–Kier alpha value is -4.56. The van der Waals surface area contributed by atoms with Gasteiger partial charge in [0.2, 0.25) is 0 Å². The van der Waals surface area contributed by atoms with E-state index in [4.69, 9.17) is 4.42 Å². The van der Waals surface area contributed by atoms with Crippen molar-refractivity contribution >= 4 is 54.9 Å². The van der Waals surface area contributed by atoms with Crippen molar-refractivity contribution in [3.63, 3.8) is 0 Å². The third-order valence-corrected chi connectivity index (χ3v) is 6.64. The SMILES string of the molecule is c1ccc(-c2ccc(Nc3ccc4ccc5ccccc5c4c3)c3c2oc2ccccc23)cc1. The fraction of sp³-hybridized carbons (Fsp3) is 0. The molecule has 7 aromatic rings. The van der Waals surface area contributed by atoms with E-state index in [0.29, 0.717) is 0 Å². The number of fused-ring (bicyclic) bond motifs is 6. The van der Waals surface area contributed by atoms with Gasteiger partial charge >= 0.3 is 0 Å². The molecular formula is C32H21NO. The molecule has 0 atom stereocenters. The average Bonchev–Trinajstić information content (AvgIpc) is 3.29. The first-order valence-corrected chi connectivity index (χ1v) is 11.5. The maximum Gasteiger partial charge on any atom is 0.145 e. The number of benzene rings is 6. The largest absolute Gasteiger partial charge is 0.455 e. The van der Waals surface area contributed by atoms with E-state index in [0.717, 1.165) is 44.4 Å². The maximum absolute atomic E-state index is 6.40. The van der Waals surface area contributed by atoms with Gasteiger partial charge < -0.3 is 9.73 Å². The Morgan fingerprint density at radius 2 is 1.24 bits per heavy atom. The Kier molecular flexibility index (Phi) is 4.18. The second-order valence-corrected chi connectivity index (χ2v) is 8.68. The molecule has 6 aromatic carbocycles. The van der Waals surface area contributed by atoms with E-state index in [2.05, 4.69) is 108 Å². The number of anilines is 2. The summed E-state index contributed by atoms with van der Waals surface area (Å²) >= 11 is 0. The lowest BCUT2D eigenvalue weighted by Gasteiger charge is -2.12. The van der Waals surface area contributed by atoms with E-state index >= 15 is 0 Å². The normalized spacial score (nSPS) is 11.5. The molecule has 2 heteroatoms. The fourth-order valence-corrected chi connectivity index (χ4v) is 5.01. The molecule has 0 radical (unpaired) electrons. The van der Waals surface area contributed by atoms with Crippen LogP contribution in [0.5, 0.6) is 0 Å². The van der Waals surface area contributed by atoms with Crippen molar-refractivity contribution in [2.75, 3.05) is 5.32 Å². The highest BCUT2D eigenvalue weighted by atomic mass is 16.3. The summed E-state index contributed by atoms with van der Waals surface area (Å²) in [5.41, 5.74) is 6.15. The molecule has 0 aliphatic carbocycles. The first-order valence-electron chi connectivity index (χ1n) is 11.5. The minimum absolute atomic E-state index is 0.897. The van der Waals surface area contributed by atoms with Gasteiger partial charge in [-0.3, -0.25) is 0 Å². The molecule has 1 aromatic heterocycles. The Morgan fingerprint density at radius 1 is 0.529 bits per heavy atom. The molecule has 160 valence electrons. The molecule has 0 aliphatic rings. The lowest BCUT2D eigenvalue weighted by molar-refractivity contribution is 0.670. The molecule has 0 spiro atoms. The quantitative estimate of drug-likeness (QED) is 0.280. The molecule has 0 aliphatic heterocycles. The fourth-order valence-electron chi connectivity index (χ4n) is 5.01. The van der Waals surface area contributed by atoms with Gasteiger partial charge in [0.15, 0.2) is 0 Å². The highest BCUT2D eigenvalue weighted by molar-refractivity contribution is 6.16. The molecule has 7 rings (SSSR count). The van der Waals surface area contributed by atoms with Crippen LogP contribution in [0.4, 0.5) is 11.4 Å². The summed E-state index contributed by atoms with van der Waals surface area (Å²) in [6, 6.07) is 42.5. The first-order chi connectivity index (χ1) is 16.8. The van der Waals surface area contributed by atoms with Gasteiger partial charge in [-0.2, -0.15) is 0 Å². The molecule has 0 unspecified atom stereocenters. The number of rotatable bonds is 3. The van der Waals surface area contributed by atoms with Crippen molar-refractivity contribution in [1.82, 2.24) is 0 Å². The first kappa shape index (κ1) is 19.0. The molecule has 1 heterocycles. The summed E-state index contributed by atoms with van der Waals surface area (Å²) in [5, 5.41) is 10.9. The highest BCUT2D eigenvalue weighted by Gasteiger charge is 2.16. The van der Waals surface area contributed by atoms with Gasteiger partial charge in [0.1, 0.15) is 11.2 Å². The minimum Gasteiger partial charge on any atom is -0.455 e. The van der Waals surface area contributed by atoms with E-state index in [1.165, 1.54) is 21.5 Å². The molecule has 0 bridgehead atoms. The number of hydrogen-bond acceptors (Lipinski definition) is 2. The Morgan fingerprint density at radius 3 is 2.12 bits per heavy atom. The Bertz CT molecular complexity index is 1830. The topological polar surface area (TPSA) is 25.2 Å². The number of para-hydroxylation sites is 1. The monoisotopic (exact) mass is 435 g/mol. The smallest absolute Gasteiger partial charge is 0.145 e. The number of nitrogens with one attached hydrogen (secondary N) is 1. The van der Waals surface area contributed by atoms with Gasteiger partial charge in [0.05, 0.1) is 11.1 Å². The highest BCUT2D eigenvalue weighted by Crippen LogP contribution is 2.41. The third-order valence-electron chi connectivity index (χ3n) is 6.64. The molecular weight excluding hydrogens is 414 g/mol. The van der Waals surface area contributed by atoms with Gasteiger partial charge in [-0.05, 0) is 57.4 Å². The van der Waals surface area contributed by atoms with Gasteiger partial charge in [-0.15, -0.1) is 0 Å². The van der Waals surface area contributed by atoms with Crippen molar-refractivity contribution in [2.45, 2.75) is 0 Å². The minimum atomic E-state index is 0.897. The molecule has 0 saturated heterocycles. The van der Waals surface area contributed by atoms with Crippen LogP contribution in [0.2, 0.25) is 0 Å². The molecule has 1 N–H and O–H groups in total. The summed E-state index contributed by atoms with van der Waals surface area (Å²) < 4.78 is 6.40. The molecule has 0 amide bonds. The number of hydrogen-bond donors (Lipinski definition) is 1. The summed E-state index contributed by atoms with van der Waals surface area (Å²) in [6.45, 7) is 0. The lowest BCUT2D eigenvalue weighted by Crippen LogP contribution is -1.92. The predicted molar refractivity (Wildman–Crippen MR) is 144 cm³/mol. The van der Waals surface area contributed by atoms with Gasteiger partial charge in [-0.1, -0.05) is 91.0 Å². The van der Waals surface area contributed by atoms with Crippen LogP contribution in [-0.2, 0) is 0 Å². The van der Waals surface area contributed by atoms with Gasteiger partial charge in [0, 0.05) is 16.6 Å². The zero-order chi connectivity index (χ0) is 22.5. The van der Waals surface area contributed by atoms with Crippen LogP contribution in [0, 0.1) is 0 Å². The van der Waals surface area contributed by atoms with Crippen molar-refractivity contribution in [3.8, 4) is 11.1 Å². The zero-order valence-corrected chi connectivity index (χ0v) is 18.5. The van der Waals surface area contributed by atoms with Crippen molar-refractivity contribution in [1.29, 1.82) is 0 Å². The summed E-state index contributed by atoms with van der Waals surface area (Å²) in [5.74, 6) is 0. The summed E-state index contributed by atoms with van der Waals surface area (Å²) in [7, 11) is 0. The van der Waals surface area contributed by atoms with Crippen LogP contribution in [0.25, 0.3) is 54.6 Å². The summed E-state index contributed by atoms with van der Waals surface area (Å²) in [4.78, 5) is 0. The van der Waals surface area contributed by atoms with Gasteiger partial charge in [0.25, 0.3) is 0 Å². The molecule has 2 nitrogen and oxygen atoms in total. The third kappa shape index (κ3) is 2.96. The van der Waals surface area contributed by atoms with Crippen LogP contribution in [0.1, 0.15) is 0 Å². The van der Waals surface area contributed by atoms with Crippen LogP contribution in [-0.4, -0.2) is 0 Å². The van der Waals surface area contributed by atoms with Crippen LogP contribution >= 0.6 is 0 Å². The van der Waals surface area contributed by atoms with Crippen LogP contribution in [0.15, 0.2) is 126 Å². The number of furan rings is 1. The van der Waals surface area contributed by atoms with Gasteiger partial charge in [-0.25, -0.2) is 0 Å². The maximum atomic E-state index is 6.40. The standard InChI is InChI=1S/C32H21NO/c1-2-8-21(9-3-1)26-18-19-29(31-27-12-6-7-13-30(27)34-32(26)31)33-24-17-16-23-15-14-22-10-4-5-11-25(22)28(23)20-24/h1-20,33H. The van der Waals surface area contributed by atoms with E-state index in [9.17, 15) is 0 Å². The van der Waals surface area contributed by atoms with E-state index in [1.807, 2.05) is 18.2 Å². The van der Waals surface area contributed by atoms with E-state index < -0.39 is 0 Å². The average molecular weight is 436 g/mol. The second-order valence-electron chi connectivity index (χ2n) is 8.68. The molecule has 0 saturated carbocycles. The second kappa shape index (κ2) is 7.50. The predicted octanol–water partition coefficient (Wildman–Crippen LogP) is 9.30. The van der Waals surface area contributed by atoms with Crippen molar-refractivity contribution in [2.24, 2.45) is 0 Å².